The van der Waals surface area contributed by atoms with Crippen LogP contribution in [-0.2, 0) is 29.0 Å². The Balaban J connectivity index is 1.56. The number of benzene rings is 3. The van der Waals surface area contributed by atoms with Gasteiger partial charge in [0.2, 0.25) is 22.1 Å². The number of aromatic hydroxyl groups is 1. The Bertz CT molecular complexity index is 1520. The van der Waals surface area contributed by atoms with Crippen LogP contribution in [0.4, 0.5) is 5.69 Å². The molecule has 0 aromatic heterocycles. The third-order valence-corrected chi connectivity index (χ3v) is 8.08. The van der Waals surface area contributed by atoms with Gasteiger partial charge in [-0.15, -0.1) is 0 Å². The molecular weight excluding hydrogens is 556 g/mol. The molecule has 0 saturated carbocycles. The van der Waals surface area contributed by atoms with Gasteiger partial charge in [0.05, 0.1) is 12.0 Å². The van der Waals surface area contributed by atoms with E-state index in [4.69, 9.17) is 14.2 Å². The van der Waals surface area contributed by atoms with Crippen LogP contribution in [0.3, 0.4) is 0 Å². The van der Waals surface area contributed by atoms with Crippen molar-refractivity contribution >= 4 is 38.5 Å². The summed E-state index contributed by atoms with van der Waals surface area (Å²) in [5.41, 5.74) is 1.26. The first kappa shape index (κ1) is 30.2. The van der Waals surface area contributed by atoms with E-state index in [1.54, 1.807) is 18.2 Å². The second-order valence-corrected chi connectivity index (χ2v) is 11.3. The van der Waals surface area contributed by atoms with Gasteiger partial charge in [0.25, 0.3) is 0 Å². The topological polar surface area (TPSA) is 175 Å². The molecule has 0 amide bonds. The number of sulfonamides is 1. The van der Waals surface area contributed by atoms with Crippen LogP contribution in [0.2, 0.25) is 0 Å². The summed E-state index contributed by atoms with van der Waals surface area (Å²) >= 11 is 0. The van der Waals surface area contributed by atoms with Gasteiger partial charge in [-0.2, -0.15) is 0 Å². The highest BCUT2D eigenvalue weighted by atomic mass is 32.2. The molecule has 3 aromatic rings. The number of ether oxygens (including phenoxy) is 3. The standard InChI is InChI=1S/C28H32N2O10S/c1-30(2)20-8-4-7-19-18(20)6-5-9-23(19)41(36,37)29-15-22-24(32)25(33)26(34)28(40-22)39-21(27(35)38-3)14-16-10-12-17(31)13-11-16/h4-14,22,24-26,28-29,31-34H,15H2,1-3H3/b21-14-/t22-,24+,25+,26-,28-/m1/s1. The molecule has 0 unspecified atom stereocenters. The van der Waals surface area contributed by atoms with Gasteiger partial charge in [0.15, 0.2) is 0 Å². The van der Waals surface area contributed by atoms with E-state index in [-0.39, 0.29) is 10.6 Å². The third-order valence-electron chi connectivity index (χ3n) is 6.59. The molecule has 0 aliphatic carbocycles. The maximum Gasteiger partial charge on any atom is 0.373 e. The van der Waals surface area contributed by atoms with Gasteiger partial charge in [0, 0.05) is 37.1 Å². The fraction of sp³-hybridized carbons (Fsp3) is 0.321. The number of fused-ring (bicyclic) bond motifs is 1. The molecule has 41 heavy (non-hydrogen) atoms. The average Bonchev–Trinajstić information content (AvgIpc) is 2.96. The third kappa shape index (κ3) is 6.62. The van der Waals surface area contributed by atoms with Crippen LogP contribution in [0.25, 0.3) is 16.8 Å². The fourth-order valence-electron chi connectivity index (χ4n) is 4.43. The molecule has 5 atom stereocenters. The van der Waals surface area contributed by atoms with Crippen molar-refractivity contribution < 1.29 is 47.8 Å². The van der Waals surface area contributed by atoms with Crippen LogP contribution in [0.1, 0.15) is 5.56 Å². The normalized spacial score (nSPS) is 23.3. The highest BCUT2D eigenvalue weighted by Gasteiger charge is 2.46. The number of nitrogens with zero attached hydrogens (tertiary/aromatic N) is 1. The van der Waals surface area contributed by atoms with Crippen LogP contribution in [0.5, 0.6) is 5.75 Å². The van der Waals surface area contributed by atoms with Crippen LogP contribution < -0.4 is 9.62 Å². The van der Waals surface area contributed by atoms with Crippen molar-refractivity contribution in [3.8, 4) is 5.75 Å². The molecule has 0 bridgehead atoms. The lowest BCUT2D eigenvalue weighted by atomic mass is 9.99. The maximum absolute atomic E-state index is 13.3. The average molecular weight is 589 g/mol. The molecule has 1 fully saturated rings. The quantitative estimate of drug-likeness (QED) is 0.137. The van der Waals surface area contributed by atoms with E-state index in [9.17, 15) is 33.6 Å². The van der Waals surface area contributed by atoms with Gasteiger partial charge in [-0.05, 0) is 35.9 Å². The molecule has 1 aliphatic rings. The number of nitrogens with one attached hydrogen (secondary N) is 1. The van der Waals surface area contributed by atoms with Crippen molar-refractivity contribution in [3.05, 3.63) is 72.0 Å². The number of aliphatic hydroxyl groups excluding tert-OH is 3. The van der Waals surface area contributed by atoms with Crippen molar-refractivity contribution in [1.29, 1.82) is 0 Å². The Morgan fingerprint density at radius 1 is 0.976 bits per heavy atom. The van der Waals surface area contributed by atoms with Gasteiger partial charge < -0.3 is 39.5 Å². The zero-order valence-corrected chi connectivity index (χ0v) is 23.4. The number of carbonyl (C=O) groups excluding carboxylic acids is 1. The fourth-order valence-corrected chi connectivity index (χ4v) is 5.69. The lowest BCUT2D eigenvalue weighted by Gasteiger charge is -2.40. The zero-order valence-electron chi connectivity index (χ0n) is 22.5. The van der Waals surface area contributed by atoms with Crippen molar-refractivity contribution in [2.45, 2.75) is 35.6 Å². The number of phenolic OH excluding ortho intramolecular Hbond substituents is 1. The molecule has 1 aliphatic heterocycles. The molecule has 0 radical (unpaired) electrons. The van der Waals surface area contributed by atoms with Crippen molar-refractivity contribution in [2.24, 2.45) is 0 Å². The Labute approximate surface area is 237 Å². The smallest absolute Gasteiger partial charge is 0.373 e. The molecule has 3 aromatic carbocycles. The van der Waals surface area contributed by atoms with E-state index in [0.29, 0.717) is 10.9 Å². The Kier molecular flexibility index (Phi) is 9.17. The minimum Gasteiger partial charge on any atom is -0.508 e. The summed E-state index contributed by atoms with van der Waals surface area (Å²) in [6, 6.07) is 15.9. The number of esters is 1. The van der Waals surface area contributed by atoms with Gasteiger partial charge in [0.1, 0.15) is 30.2 Å². The molecule has 1 saturated heterocycles. The molecule has 0 spiro atoms. The van der Waals surface area contributed by atoms with Crippen molar-refractivity contribution in [2.75, 3.05) is 32.6 Å². The van der Waals surface area contributed by atoms with Crippen LogP contribution in [0, 0.1) is 0 Å². The summed E-state index contributed by atoms with van der Waals surface area (Å²) in [5, 5.41) is 42.2. The van der Waals surface area contributed by atoms with Gasteiger partial charge in [-0.25, -0.2) is 17.9 Å². The summed E-state index contributed by atoms with van der Waals surface area (Å²) in [7, 11) is 0.669. The number of carbonyl (C=O) groups is 1. The second kappa shape index (κ2) is 12.4. The molecular formula is C28H32N2O10S. The molecule has 5 N–H and O–H groups in total. The molecule has 12 nitrogen and oxygen atoms in total. The maximum atomic E-state index is 13.3. The minimum atomic E-state index is -4.14. The summed E-state index contributed by atoms with van der Waals surface area (Å²) in [6.45, 7) is -0.494. The minimum absolute atomic E-state index is 0.00203. The highest BCUT2D eigenvalue weighted by Crippen LogP contribution is 2.31. The van der Waals surface area contributed by atoms with E-state index >= 15 is 0 Å². The monoisotopic (exact) mass is 588 g/mol. The predicted octanol–water partition coefficient (Wildman–Crippen LogP) is 0.928. The first-order valence-corrected chi connectivity index (χ1v) is 14.1. The van der Waals surface area contributed by atoms with E-state index in [2.05, 4.69) is 4.72 Å². The SMILES string of the molecule is COC(=O)/C(=C/c1ccc(O)cc1)O[C@@H]1O[C@H](CNS(=O)(=O)c2cccc3c(N(C)C)cccc23)[C@H](O)[C@H](O)[C@H]1O. The molecule has 1 heterocycles. The van der Waals surface area contributed by atoms with Crippen LogP contribution in [-0.4, -0.2) is 93.3 Å². The molecule has 13 heteroatoms. The largest absolute Gasteiger partial charge is 0.508 e. The predicted molar refractivity (Wildman–Crippen MR) is 149 cm³/mol. The number of hydrogen-bond donors (Lipinski definition) is 5. The Hall–Kier alpha value is -3.72. The lowest BCUT2D eigenvalue weighted by Crippen LogP contribution is -2.60. The molecule has 220 valence electrons. The highest BCUT2D eigenvalue weighted by molar-refractivity contribution is 7.89. The van der Waals surface area contributed by atoms with E-state index in [1.165, 1.54) is 36.4 Å². The summed E-state index contributed by atoms with van der Waals surface area (Å²) in [5.74, 6) is -1.34. The van der Waals surface area contributed by atoms with E-state index in [0.717, 1.165) is 18.2 Å². The van der Waals surface area contributed by atoms with Gasteiger partial charge >= 0.3 is 5.97 Å². The van der Waals surface area contributed by atoms with Crippen molar-refractivity contribution in [1.82, 2.24) is 4.72 Å². The second-order valence-electron chi connectivity index (χ2n) is 9.60. The zero-order chi connectivity index (χ0) is 29.9. The number of phenols is 1. The van der Waals surface area contributed by atoms with E-state index < -0.39 is 59.0 Å². The number of rotatable bonds is 9. The number of methoxy groups -OCH3 is 1. The van der Waals surface area contributed by atoms with Crippen LogP contribution in [0.15, 0.2) is 71.3 Å². The number of anilines is 1. The van der Waals surface area contributed by atoms with Gasteiger partial charge in [-0.3, -0.25) is 0 Å². The van der Waals surface area contributed by atoms with E-state index in [1.807, 2.05) is 31.1 Å². The number of aliphatic hydroxyl groups is 3. The van der Waals surface area contributed by atoms with Crippen LogP contribution >= 0.6 is 0 Å². The van der Waals surface area contributed by atoms with Crippen molar-refractivity contribution in [3.63, 3.8) is 0 Å². The first-order valence-electron chi connectivity index (χ1n) is 12.6. The number of hydrogen-bond acceptors (Lipinski definition) is 11. The lowest BCUT2D eigenvalue weighted by molar-refractivity contribution is -0.284. The Morgan fingerprint density at radius 2 is 1.63 bits per heavy atom. The van der Waals surface area contributed by atoms with Gasteiger partial charge in [-0.1, -0.05) is 36.4 Å². The summed E-state index contributed by atoms with van der Waals surface area (Å²) in [4.78, 5) is 14.2. The molecule has 4 rings (SSSR count). The Morgan fingerprint density at radius 3 is 2.29 bits per heavy atom. The summed E-state index contributed by atoms with van der Waals surface area (Å²) < 4.78 is 45.0. The summed E-state index contributed by atoms with van der Waals surface area (Å²) in [6.07, 6.45) is -7.06. The first-order chi connectivity index (χ1) is 19.4.